The molecule has 0 atom stereocenters. The van der Waals surface area contributed by atoms with Gasteiger partial charge in [-0.1, -0.05) is 13.8 Å². The molecular weight excluding hydrogens is 244 g/mol. The van der Waals surface area contributed by atoms with Crippen LogP contribution < -0.4 is 10.5 Å². The van der Waals surface area contributed by atoms with E-state index in [1.54, 1.807) is 0 Å². The quantitative estimate of drug-likeness (QED) is 0.442. The monoisotopic (exact) mass is 266 g/mol. The Balaban J connectivity index is 2.63. The molecule has 0 aliphatic heterocycles. The Morgan fingerprint density at radius 2 is 1.95 bits per heavy atom. The highest BCUT2D eigenvalue weighted by Crippen LogP contribution is 2.19. The van der Waals surface area contributed by atoms with Crippen LogP contribution in [0.5, 0.6) is 5.88 Å². The van der Waals surface area contributed by atoms with Crippen LogP contribution in [-0.2, 0) is 4.74 Å². The van der Waals surface area contributed by atoms with Crippen molar-refractivity contribution < 1.29 is 9.47 Å². The first-order chi connectivity index (χ1) is 8.93. The van der Waals surface area contributed by atoms with Gasteiger partial charge in [-0.25, -0.2) is 0 Å². The maximum atomic E-state index is 7.59. The van der Waals surface area contributed by atoms with Gasteiger partial charge in [0.15, 0.2) is 0 Å². The number of rotatable bonds is 7. The lowest BCUT2D eigenvalue weighted by Gasteiger charge is -2.12. The smallest absolute Gasteiger partial charge is 0.244 e. The summed E-state index contributed by atoms with van der Waals surface area (Å²) in [5, 5.41) is 15.5. The van der Waals surface area contributed by atoms with Crippen molar-refractivity contribution in [1.82, 2.24) is 10.2 Å². The van der Waals surface area contributed by atoms with E-state index in [2.05, 4.69) is 24.0 Å². The summed E-state index contributed by atoms with van der Waals surface area (Å²) in [5.74, 6) is 0.728. The first-order valence-corrected chi connectivity index (χ1v) is 6.32. The fourth-order valence-electron chi connectivity index (χ4n) is 1.52. The molecule has 106 valence electrons. The van der Waals surface area contributed by atoms with Crippen molar-refractivity contribution in [2.24, 2.45) is 11.7 Å². The lowest BCUT2D eigenvalue weighted by atomic mass is 10.1. The summed E-state index contributed by atoms with van der Waals surface area (Å²) in [6.07, 6.45) is 0. The largest absolute Gasteiger partial charge is 0.474 e. The number of aryl methyl sites for hydroxylation is 1. The topological polar surface area (TPSA) is 94.1 Å². The molecule has 19 heavy (non-hydrogen) atoms. The van der Waals surface area contributed by atoms with Gasteiger partial charge in [0.25, 0.3) is 0 Å². The summed E-state index contributed by atoms with van der Waals surface area (Å²) < 4.78 is 10.9. The first kappa shape index (κ1) is 15.4. The minimum absolute atomic E-state index is 0.0615. The van der Waals surface area contributed by atoms with E-state index in [4.69, 9.17) is 20.6 Å². The summed E-state index contributed by atoms with van der Waals surface area (Å²) in [6, 6.07) is 0. The molecular formula is C13H22N4O2. The highest BCUT2D eigenvalue weighted by Gasteiger charge is 2.14. The van der Waals surface area contributed by atoms with Crippen molar-refractivity contribution in [3.05, 3.63) is 16.8 Å². The molecule has 0 saturated heterocycles. The number of nitrogens with two attached hydrogens (primary N) is 1. The molecule has 1 heterocycles. The van der Waals surface area contributed by atoms with Crippen LogP contribution in [-0.4, -0.2) is 35.9 Å². The molecule has 0 amide bonds. The minimum Gasteiger partial charge on any atom is -0.474 e. The van der Waals surface area contributed by atoms with Crippen LogP contribution in [0.3, 0.4) is 0 Å². The minimum atomic E-state index is -0.0615. The van der Waals surface area contributed by atoms with Crippen LogP contribution in [0.1, 0.15) is 30.7 Å². The number of amidine groups is 1. The number of aromatic nitrogens is 2. The molecule has 3 N–H and O–H groups in total. The van der Waals surface area contributed by atoms with Crippen molar-refractivity contribution in [1.29, 1.82) is 5.41 Å². The summed E-state index contributed by atoms with van der Waals surface area (Å²) >= 11 is 0. The molecule has 1 aromatic rings. The van der Waals surface area contributed by atoms with Crippen LogP contribution in [0.15, 0.2) is 0 Å². The maximum absolute atomic E-state index is 7.59. The van der Waals surface area contributed by atoms with Gasteiger partial charge in [0.2, 0.25) is 5.88 Å². The zero-order chi connectivity index (χ0) is 14.4. The first-order valence-electron chi connectivity index (χ1n) is 6.32. The highest BCUT2D eigenvalue weighted by molar-refractivity contribution is 5.98. The predicted molar refractivity (Wildman–Crippen MR) is 73.7 cm³/mol. The van der Waals surface area contributed by atoms with Gasteiger partial charge in [-0.2, -0.15) is 5.10 Å². The third kappa shape index (κ3) is 4.48. The van der Waals surface area contributed by atoms with Crippen LogP contribution in [0.25, 0.3) is 0 Å². The molecule has 0 radical (unpaired) electrons. The second-order valence-corrected chi connectivity index (χ2v) is 4.82. The van der Waals surface area contributed by atoms with Crippen molar-refractivity contribution in [3.8, 4) is 5.88 Å². The fourth-order valence-corrected chi connectivity index (χ4v) is 1.52. The molecule has 1 rings (SSSR count). The molecule has 0 aliphatic rings. The van der Waals surface area contributed by atoms with Gasteiger partial charge >= 0.3 is 0 Å². The lowest BCUT2D eigenvalue weighted by molar-refractivity contribution is 0.0802. The Morgan fingerprint density at radius 1 is 1.26 bits per heavy atom. The molecule has 0 aliphatic carbocycles. The Hall–Kier alpha value is -1.69. The molecule has 6 heteroatoms. The highest BCUT2D eigenvalue weighted by atomic mass is 16.5. The molecule has 6 nitrogen and oxygen atoms in total. The lowest BCUT2D eigenvalue weighted by Crippen LogP contribution is -2.19. The van der Waals surface area contributed by atoms with Gasteiger partial charge < -0.3 is 15.2 Å². The van der Waals surface area contributed by atoms with Gasteiger partial charge in [-0.15, -0.1) is 5.10 Å². The van der Waals surface area contributed by atoms with Crippen molar-refractivity contribution in [2.75, 3.05) is 19.8 Å². The van der Waals surface area contributed by atoms with Gasteiger partial charge in [-0.05, 0) is 25.3 Å². The number of nitrogens with one attached hydrogen (secondary N) is 1. The fraction of sp³-hybridized carbons (Fsp3) is 0.615. The average Bonchev–Trinajstić information content (AvgIpc) is 2.32. The van der Waals surface area contributed by atoms with E-state index in [9.17, 15) is 0 Å². The molecule has 1 aromatic heterocycles. The van der Waals surface area contributed by atoms with Crippen molar-refractivity contribution in [2.45, 2.75) is 27.7 Å². The summed E-state index contributed by atoms with van der Waals surface area (Å²) in [6.45, 7) is 9.38. The zero-order valence-corrected chi connectivity index (χ0v) is 12.0. The number of hydrogen-bond donors (Lipinski definition) is 2. The van der Waals surface area contributed by atoms with Gasteiger partial charge in [0, 0.05) is 6.61 Å². The number of ether oxygens (including phenoxy) is 2. The number of nitrogens with zero attached hydrogens (tertiary/aromatic N) is 2. The summed E-state index contributed by atoms with van der Waals surface area (Å²) in [4.78, 5) is 0. The van der Waals surface area contributed by atoms with Crippen LogP contribution >= 0.6 is 0 Å². The van der Waals surface area contributed by atoms with E-state index >= 15 is 0 Å². The van der Waals surface area contributed by atoms with E-state index in [1.807, 2.05) is 13.8 Å². The average molecular weight is 266 g/mol. The number of hydrogen-bond acceptors (Lipinski definition) is 5. The summed E-state index contributed by atoms with van der Waals surface area (Å²) in [5.41, 5.74) is 7.63. The van der Waals surface area contributed by atoms with Crippen molar-refractivity contribution in [3.63, 3.8) is 0 Å². The molecule has 0 bridgehead atoms. The van der Waals surface area contributed by atoms with E-state index in [0.717, 1.165) is 11.3 Å². The van der Waals surface area contributed by atoms with Crippen LogP contribution in [0, 0.1) is 25.2 Å². The molecule has 0 unspecified atom stereocenters. The SMILES string of the molecule is Cc1nnc(OCCOCC(C)C)c(C(=N)N)c1C. The third-order valence-corrected chi connectivity index (χ3v) is 2.61. The maximum Gasteiger partial charge on any atom is 0.244 e. The number of nitrogen functional groups attached to an aromatic ring is 1. The Labute approximate surface area is 113 Å². The molecule has 0 aromatic carbocycles. The molecule has 0 fully saturated rings. The zero-order valence-electron chi connectivity index (χ0n) is 12.0. The second-order valence-electron chi connectivity index (χ2n) is 4.82. The predicted octanol–water partition coefficient (Wildman–Crippen LogP) is 1.43. The van der Waals surface area contributed by atoms with Crippen LogP contribution in [0.2, 0.25) is 0 Å². The van der Waals surface area contributed by atoms with E-state index in [-0.39, 0.29) is 5.84 Å². The Kier molecular flexibility index (Phi) is 5.69. The summed E-state index contributed by atoms with van der Waals surface area (Å²) in [7, 11) is 0. The van der Waals surface area contributed by atoms with E-state index in [1.165, 1.54) is 0 Å². The Bertz CT molecular complexity index is 447. The van der Waals surface area contributed by atoms with Gasteiger partial charge in [0.1, 0.15) is 12.4 Å². The Morgan fingerprint density at radius 3 is 2.53 bits per heavy atom. The standard InChI is InChI=1S/C13H22N4O2/c1-8(2)7-18-5-6-19-13-11(12(14)15)9(3)10(4)16-17-13/h8H,5-7H2,1-4H3,(H3,14,15). The second kappa shape index (κ2) is 7.04. The molecule has 0 saturated carbocycles. The third-order valence-electron chi connectivity index (χ3n) is 2.61. The van der Waals surface area contributed by atoms with Gasteiger partial charge in [0.05, 0.1) is 17.9 Å². The van der Waals surface area contributed by atoms with E-state index < -0.39 is 0 Å². The van der Waals surface area contributed by atoms with E-state index in [0.29, 0.717) is 37.2 Å². The van der Waals surface area contributed by atoms with Crippen LogP contribution in [0.4, 0.5) is 0 Å². The normalized spacial score (nSPS) is 10.8. The molecule has 0 spiro atoms. The van der Waals surface area contributed by atoms with Gasteiger partial charge in [-0.3, -0.25) is 5.41 Å². The van der Waals surface area contributed by atoms with Crippen molar-refractivity contribution >= 4 is 5.84 Å².